The predicted molar refractivity (Wildman–Crippen MR) is 78.6 cm³/mol. The molecular formula is C16H32N2. The van der Waals surface area contributed by atoms with E-state index in [1.807, 2.05) is 0 Å². The summed E-state index contributed by atoms with van der Waals surface area (Å²) in [6, 6.07) is 0. The third kappa shape index (κ3) is 2.75. The normalized spacial score (nSPS) is 35.7. The van der Waals surface area contributed by atoms with Gasteiger partial charge in [0.1, 0.15) is 0 Å². The summed E-state index contributed by atoms with van der Waals surface area (Å²) in [5.74, 6) is 1.59. The van der Waals surface area contributed by atoms with E-state index in [1.165, 1.54) is 64.5 Å². The third-order valence-corrected chi connectivity index (χ3v) is 5.46. The van der Waals surface area contributed by atoms with E-state index in [2.05, 4.69) is 18.7 Å². The van der Waals surface area contributed by atoms with Crippen molar-refractivity contribution in [1.82, 2.24) is 4.90 Å². The van der Waals surface area contributed by atoms with E-state index in [1.54, 1.807) is 0 Å². The monoisotopic (exact) mass is 252 g/mol. The van der Waals surface area contributed by atoms with Crippen LogP contribution in [0.4, 0.5) is 0 Å². The predicted octanol–water partition coefficient (Wildman–Crippen LogP) is 3.41. The molecule has 1 aliphatic heterocycles. The average molecular weight is 252 g/mol. The second kappa shape index (κ2) is 6.38. The topological polar surface area (TPSA) is 29.3 Å². The molecule has 106 valence electrons. The molecule has 2 fully saturated rings. The molecule has 0 aromatic carbocycles. The molecule has 0 aromatic rings. The van der Waals surface area contributed by atoms with Crippen molar-refractivity contribution in [2.24, 2.45) is 17.6 Å². The fourth-order valence-electron chi connectivity index (χ4n) is 4.49. The van der Waals surface area contributed by atoms with E-state index in [4.69, 9.17) is 5.73 Å². The highest BCUT2D eigenvalue weighted by Crippen LogP contribution is 2.42. The lowest BCUT2D eigenvalue weighted by Gasteiger charge is -2.52. The SMILES string of the molecule is CC(C)C1CCCCC1(CN)N1CCCCCC1. The summed E-state index contributed by atoms with van der Waals surface area (Å²) >= 11 is 0. The van der Waals surface area contributed by atoms with Gasteiger partial charge in [0.25, 0.3) is 0 Å². The Labute approximate surface area is 113 Å². The largest absolute Gasteiger partial charge is 0.329 e. The van der Waals surface area contributed by atoms with Gasteiger partial charge >= 0.3 is 0 Å². The first-order chi connectivity index (χ1) is 8.70. The maximum Gasteiger partial charge on any atom is 0.0362 e. The van der Waals surface area contributed by atoms with Crippen LogP contribution in [0.25, 0.3) is 0 Å². The van der Waals surface area contributed by atoms with Crippen molar-refractivity contribution < 1.29 is 0 Å². The third-order valence-electron chi connectivity index (χ3n) is 5.46. The van der Waals surface area contributed by atoms with Crippen molar-refractivity contribution in [1.29, 1.82) is 0 Å². The Morgan fingerprint density at radius 3 is 2.28 bits per heavy atom. The summed E-state index contributed by atoms with van der Waals surface area (Å²) < 4.78 is 0. The lowest BCUT2D eigenvalue weighted by Crippen LogP contribution is -2.61. The van der Waals surface area contributed by atoms with E-state index >= 15 is 0 Å². The van der Waals surface area contributed by atoms with Gasteiger partial charge in [0, 0.05) is 12.1 Å². The van der Waals surface area contributed by atoms with Crippen LogP contribution in [0, 0.1) is 11.8 Å². The Morgan fingerprint density at radius 2 is 1.72 bits per heavy atom. The lowest BCUT2D eigenvalue weighted by atomic mass is 9.66. The summed E-state index contributed by atoms with van der Waals surface area (Å²) in [6.45, 7) is 8.26. The zero-order chi connectivity index (χ0) is 13.0. The molecule has 2 aliphatic rings. The summed E-state index contributed by atoms with van der Waals surface area (Å²) in [7, 11) is 0. The zero-order valence-electron chi connectivity index (χ0n) is 12.5. The van der Waals surface area contributed by atoms with Gasteiger partial charge in [-0.1, -0.05) is 39.5 Å². The molecule has 1 heterocycles. The van der Waals surface area contributed by atoms with Crippen molar-refractivity contribution in [3.63, 3.8) is 0 Å². The molecule has 1 saturated heterocycles. The number of rotatable bonds is 3. The molecule has 1 saturated carbocycles. The molecule has 2 heteroatoms. The van der Waals surface area contributed by atoms with E-state index in [-0.39, 0.29) is 0 Å². The molecule has 0 bridgehead atoms. The minimum atomic E-state index is 0.330. The van der Waals surface area contributed by atoms with Crippen LogP contribution in [-0.2, 0) is 0 Å². The van der Waals surface area contributed by atoms with Gasteiger partial charge in [-0.05, 0) is 50.6 Å². The van der Waals surface area contributed by atoms with Crippen LogP contribution in [0.5, 0.6) is 0 Å². The van der Waals surface area contributed by atoms with Gasteiger partial charge < -0.3 is 5.73 Å². The molecule has 2 rings (SSSR count). The number of nitrogens with two attached hydrogens (primary N) is 1. The van der Waals surface area contributed by atoms with Gasteiger partial charge in [-0.3, -0.25) is 4.90 Å². The fourth-order valence-corrected chi connectivity index (χ4v) is 4.49. The van der Waals surface area contributed by atoms with Crippen LogP contribution in [0.15, 0.2) is 0 Å². The van der Waals surface area contributed by atoms with Gasteiger partial charge in [-0.2, -0.15) is 0 Å². The maximum atomic E-state index is 6.31. The quantitative estimate of drug-likeness (QED) is 0.834. The van der Waals surface area contributed by atoms with Gasteiger partial charge in [0.2, 0.25) is 0 Å². The van der Waals surface area contributed by atoms with Gasteiger partial charge in [0.05, 0.1) is 0 Å². The summed E-state index contributed by atoms with van der Waals surface area (Å²) in [4.78, 5) is 2.80. The number of hydrogen-bond acceptors (Lipinski definition) is 2. The second-order valence-corrected chi connectivity index (χ2v) is 6.81. The Balaban J connectivity index is 2.19. The standard InChI is InChI=1S/C16H32N2/c1-14(2)15-9-5-6-10-16(15,13-17)18-11-7-3-4-8-12-18/h14-15H,3-13,17H2,1-2H3. The van der Waals surface area contributed by atoms with Crippen LogP contribution in [0.2, 0.25) is 0 Å². The molecule has 0 amide bonds. The van der Waals surface area contributed by atoms with Gasteiger partial charge in [0.15, 0.2) is 0 Å². The summed E-state index contributed by atoms with van der Waals surface area (Å²) in [5.41, 5.74) is 6.64. The van der Waals surface area contributed by atoms with Crippen molar-refractivity contribution in [3.8, 4) is 0 Å². The van der Waals surface area contributed by atoms with Crippen LogP contribution >= 0.6 is 0 Å². The number of nitrogens with zero attached hydrogens (tertiary/aromatic N) is 1. The molecular weight excluding hydrogens is 220 g/mol. The van der Waals surface area contributed by atoms with E-state index < -0.39 is 0 Å². The van der Waals surface area contributed by atoms with Crippen molar-refractivity contribution in [2.45, 2.75) is 70.8 Å². The highest BCUT2D eigenvalue weighted by molar-refractivity contribution is 5.01. The minimum Gasteiger partial charge on any atom is -0.329 e. The summed E-state index contributed by atoms with van der Waals surface area (Å²) in [6.07, 6.45) is 11.1. The molecule has 18 heavy (non-hydrogen) atoms. The van der Waals surface area contributed by atoms with Gasteiger partial charge in [-0.15, -0.1) is 0 Å². The molecule has 1 aliphatic carbocycles. The molecule has 0 spiro atoms. The van der Waals surface area contributed by atoms with Crippen molar-refractivity contribution in [3.05, 3.63) is 0 Å². The molecule has 0 radical (unpaired) electrons. The van der Waals surface area contributed by atoms with E-state index in [9.17, 15) is 0 Å². The smallest absolute Gasteiger partial charge is 0.0362 e. The maximum absolute atomic E-state index is 6.31. The second-order valence-electron chi connectivity index (χ2n) is 6.81. The number of hydrogen-bond donors (Lipinski definition) is 1. The van der Waals surface area contributed by atoms with Gasteiger partial charge in [-0.25, -0.2) is 0 Å². The fraction of sp³-hybridized carbons (Fsp3) is 1.00. The first-order valence-electron chi connectivity index (χ1n) is 8.16. The zero-order valence-corrected chi connectivity index (χ0v) is 12.5. The van der Waals surface area contributed by atoms with Crippen LogP contribution in [-0.4, -0.2) is 30.1 Å². The first kappa shape index (κ1) is 14.3. The Morgan fingerprint density at radius 1 is 1.06 bits per heavy atom. The highest BCUT2D eigenvalue weighted by atomic mass is 15.2. The Hall–Kier alpha value is -0.0800. The Bertz CT molecular complexity index is 243. The van der Waals surface area contributed by atoms with Crippen LogP contribution in [0.3, 0.4) is 0 Å². The number of likely N-dealkylation sites (tertiary alicyclic amines) is 1. The minimum absolute atomic E-state index is 0.330. The average Bonchev–Trinajstić information content (AvgIpc) is 2.67. The molecule has 2 N–H and O–H groups in total. The molecule has 2 atom stereocenters. The summed E-state index contributed by atoms with van der Waals surface area (Å²) in [5, 5.41) is 0. The first-order valence-corrected chi connectivity index (χ1v) is 8.16. The van der Waals surface area contributed by atoms with E-state index in [0.29, 0.717) is 5.54 Å². The molecule has 0 aromatic heterocycles. The van der Waals surface area contributed by atoms with Crippen molar-refractivity contribution in [2.75, 3.05) is 19.6 Å². The lowest BCUT2D eigenvalue weighted by molar-refractivity contribution is -0.0119. The van der Waals surface area contributed by atoms with Crippen LogP contribution < -0.4 is 5.73 Å². The molecule has 2 unspecified atom stereocenters. The van der Waals surface area contributed by atoms with E-state index in [0.717, 1.165) is 18.4 Å². The van der Waals surface area contributed by atoms with Crippen molar-refractivity contribution >= 4 is 0 Å². The van der Waals surface area contributed by atoms with Crippen LogP contribution in [0.1, 0.15) is 65.2 Å². The highest BCUT2D eigenvalue weighted by Gasteiger charge is 2.45. The Kier molecular flexibility index (Phi) is 5.08. The molecule has 2 nitrogen and oxygen atoms in total.